The quantitative estimate of drug-likeness (QED) is 0.598. The Kier molecular flexibility index (Phi) is 4.66. The summed E-state index contributed by atoms with van der Waals surface area (Å²) in [7, 11) is 7.11. The maximum Gasteiger partial charge on any atom is 0.410 e. The van der Waals surface area contributed by atoms with Gasteiger partial charge in [0.1, 0.15) is 0 Å². The molecule has 1 unspecified atom stereocenters. The van der Waals surface area contributed by atoms with Crippen molar-refractivity contribution >= 4 is 6.09 Å². The standard InChI is InChI=1S/C8H18N2O2/c1-6-7(9(2)3)12-8(11)10(4)5/h7H,6H2,1-5H3. The number of hydrogen-bond acceptors (Lipinski definition) is 3. The van der Waals surface area contributed by atoms with Crippen molar-refractivity contribution in [3.05, 3.63) is 0 Å². The summed E-state index contributed by atoms with van der Waals surface area (Å²) in [5.74, 6) is 0. The molecule has 0 aromatic rings. The molecule has 0 aliphatic carbocycles. The number of hydrogen-bond donors (Lipinski definition) is 0. The van der Waals surface area contributed by atoms with Crippen molar-refractivity contribution in [3.63, 3.8) is 0 Å². The van der Waals surface area contributed by atoms with Crippen molar-refractivity contribution in [1.82, 2.24) is 9.80 Å². The number of nitrogens with zero attached hydrogens (tertiary/aromatic N) is 2. The second kappa shape index (κ2) is 4.98. The van der Waals surface area contributed by atoms with E-state index in [0.717, 1.165) is 6.42 Å². The first-order chi connectivity index (χ1) is 5.49. The minimum atomic E-state index is -0.296. The Hall–Kier alpha value is -0.770. The van der Waals surface area contributed by atoms with Crippen LogP contribution in [0.15, 0.2) is 0 Å². The van der Waals surface area contributed by atoms with Crippen LogP contribution in [0.2, 0.25) is 0 Å². The first-order valence-electron chi connectivity index (χ1n) is 4.03. The van der Waals surface area contributed by atoms with Crippen LogP contribution in [0.1, 0.15) is 13.3 Å². The Balaban J connectivity index is 3.94. The molecule has 0 saturated heterocycles. The van der Waals surface area contributed by atoms with Gasteiger partial charge in [-0.05, 0) is 20.5 Å². The van der Waals surface area contributed by atoms with E-state index in [1.54, 1.807) is 14.1 Å². The van der Waals surface area contributed by atoms with Crippen LogP contribution in [-0.4, -0.2) is 50.3 Å². The third kappa shape index (κ3) is 3.57. The van der Waals surface area contributed by atoms with E-state index in [4.69, 9.17) is 4.74 Å². The van der Waals surface area contributed by atoms with Crippen molar-refractivity contribution in [1.29, 1.82) is 0 Å². The van der Waals surface area contributed by atoms with Gasteiger partial charge in [0.25, 0.3) is 0 Å². The molecule has 0 saturated carbocycles. The number of carbonyl (C=O) groups excluding carboxylic acids is 1. The van der Waals surface area contributed by atoms with Crippen LogP contribution >= 0.6 is 0 Å². The molecule has 0 bridgehead atoms. The molecule has 0 heterocycles. The Bertz CT molecular complexity index is 146. The van der Waals surface area contributed by atoms with E-state index < -0.39 is 0 Å². The van der Waals surface area contributed by atoms with E-state index in [2.05, 4.69) is 0 Å². The van der Waals surface area contributed by atoms with E-state index in [1.807, 2.05) is 25.9 Å². The molecule has 0 aliphatic rings. The zero-order valence-corrected chi connectivity index (χ0v) is 8.50. The van der Waals surface area contributed by atoms with Gasteiger partial charge in [0.2, 0.25) is 0 Å². The van der Waals surface area contributed by atoms with Crippen molar-refractivity contribution in [2.75, 3.05) is 28.2 Å². The van der Waals surface area contributed by atoms with Crippen LogP contribution < -0.4 is 0 Å². The highest BCUT2D eigenvalue weighted by atomic mass is 16.6. The second-order valence-corrected chi connectivity index (χ2v) is 3.10. The second-order valence-electron chi connectivity index (χ2n) is 3.10. The summed E-state index contributed by atoms with van der Waals surface area (Å²) in [6.45, 7) is 1.98. The fraction of sp³-hybridized carbons (Fsp3) is 0.875. The van der Waals surface area contributed by atoms with Crippen LogP contribution in [0.3, 0.4) is 0 Å². The number of carbonyl (C=O) groups is 1. The van der Waals surface area contributed by atoms with E-state index in [0.29, 0.717) is 0 Å². The molecule has 4 heteroatoms. The maximum absolute atomic E-state index is 11.1. The molecule has 1 atom stereocenters. The lowest BCUT2D eigenvalue weighted by molar-refractivity contribution is -0.00102. The molecule has 0 spiro atoms. The Morgan fingerprint density at radius 1 is 1.33 bits per heavy atom. The number of rotatable bonds is 3. The summed E-state index contributed by atoms with van der Waals surface area (Å²) in [4.78, 5) is 14.4. The average Bonchev–Trinajstić information content (AvgIpc) is 1.98. The predicted molar refractivity (Wildman–Crippen MR) is 47.9 cm³/mol. The lowest BCUT2D eigenvalue weighted by Crippen LogP contribution is -2.36. The highest BCUT2D eigenvalue weighted by Gasteiger charge is 2.14. The van der Waals surface area contributed by atoms with Crippen molar-refractivity contribution < 1.29 is 9.53 Å². The van der Waals surface area contributed by atoms with Gasteiger partial charge >= 0.3 is 6.09 Å². The van der Waals surface area contributed by atoms with Gasteiger partial charge in [-0.15, -0.1) is 0 Å². The van der Waals surface area contributed by atoms with Crippen LogP contribution in [0.4, 0.5) is 4.79 Å². The molecule has 0 aromatic carbocycles. The zero-order chi connectivity index (χ0) is 9.72. The number of amides is 1. The summed E-state index contributed by atoms with van der Waals surface area (Å²) in [6, 6.07) is 0. The Morgan fingerprint density at radius 2 is 1.83 bits per heavy atom. The highest BCUT2D eigenvalue weighted by molar-refractivity contribution is 5.66. The van der Waals surface area contributed by atoms with Crippen LogP contribution in [-0.2, 0) is 4.74 Å². The van der Waals surface area contributed by atoms with E-state index in [-0.39, 0.29) is 12.3 Å². The minimum Gasteiger partial charge on any atom is -0.430 e. The number of ether oxygens (including phenoxy) is 1. The van der Waals surface area contributed by atoms with E-state index in [9.17, 15) is 4.79 Å². The monoisotopic (exact) mass is 174 g/mol. The first kappa shape index (κ1) is 11.2. The summed E-state index contributed by atoms with van der Waals surface area (Å²) in [6.07, 6.45) is 0.377. The molecule has 0 rings (SSSR count). The van der Waals surface area contributed by atoms with Gasteiger partial charge < -0.3 is 9.64 Å². The summed E-state index contributed by atoms with van der Waals surface area (Å²) in [5, 5.41) is 0. The molecule has 1 amide bonds. The van der Waals surface area contributed by atoms with Gasteiger partial charge in [-0.25, -0.2) is 4.79 Å². The fourth-order valence-corrected chi connectivity index (χ4v) is 0.776. The SMILES string of the molecule is CCC(OC(=O)N(C)C)N(C)C. The smallest absolute Gasteiger partial charge is 0.410 e. The van der Waals surface area contributed by atoms with Gasteiger partial charge in [-0.3, -0.25) is 4.90 Å². The molecule has 0 fully saturated rings. The van der Waals surface area contributed by atoms with Crippen LogP contribution in [0.25, 0.3) is 0 Å². The van der Waals surface area contributed by atoms with E-state index in [1.165, 1.54) is 4.90 Å². The zero-order valence-electron chi connectivity index (χ0n) is 8.50. The average molecular weight is 174 g/mol. The summed E-state index contributed by atoms with van der Waals surface area (Å²) in [5.41, 5.74) is 0. The van der Waals surface area contributed by atoms with Gasteiger partial charge in [0.15, 0.2) is 6.23 Å². The Labute approximate surface area is 74.1 Å². The topological polar surface area (TPSA) is 32.8 Å². The molecule has 0 aliphatic heterocycles. The highest BCUT2D eigenvalue weighted by Crippen LogP contribution is 2.02. The molecule has 0 aromatic heterocycles. The van der Waals surface area contributed by atoms with Gasteiger partial charge in [0.05, 0.1) is 0 Å². The third-order valence-electron chi connectivity index (χ3n) is 1.53. The molecular weight excluding hydrogens is 156 g/mol. The van der Waals surface area contributed by atoms with E-state index >= 15 is 0 Å². The van der Waals surface area contributed by atoms with Crippen molar-refractivity contribution in [2.24, 2.45) is 0 Å². The lowest BCUT2D eigenvalue weighted by Gasteiger charge is -2.24. The normalized spacial score (nSPS) is 12.8. The lowest BCUT2D eigenvalue weighted by atomic mass is 10.4. The third-order valence-corrected chi connectivity index (χ3v) is 1.53. The van der Waals surface area contributed by atoms with Crippen LogP contribution in [0.5, 0.6) is 0 Å². The molecule has 0 N–H and O–H groups in total. The predicted octanol–water partition coefficient (Wildman–Crippen LogP) is 0.982. The largest absolute Gasteiger partial charge is 0.430 e. The molecule has 12 heavy (non-hydrogen) atoms. The van der Waals surface area contributed by atoms with Gasteiger partial charge in [-0.1, -0.05) is 6.92 Å². The van der Waals surface area contributed by atoms with Crippen molar-refractivity contribution in [2.45, 2.75) is 19.6 Å². The maximum atomic E-state index is 11.1. The molecule has 4 nitrogen and oxygen atoms in total. The minimum absolute atomic E-state index is 0.125. The summed E-state index contributed by atoms with van der Waals surface area (Å²) >= 11 is 0. The molecule has 0 radical (unpaired) electrons. The molecule has 72 valence electrons. The van der Waals surface area contributed by atoms with Crippen LogP contribution in [0, 0.1) is 0 Å². The first-order valence-corrected chi connectivity index (χ1v) is 4.03. The fourth-order valence-electron chi connectivity index (χ4n) is 0.776. The van der Waals surface area contributed by atoms with Gasteiger partial charge in [0, 0.05) is 14.1 Å². The van der Waals surface area contributed by atoms with Crippen molar-refractivity contribution in [3.8, 4) is 0 Å². The Morgan fingerprint density at radius 3 is 2.08 bits per heavy atom. The summed E-state index contributed by atoms with van der Waals surface area (Å²) < 4.78 is 5.14. The van der Waals surface area contributed by atoms with Gasteiger partial charge in [-0.2, -0.15) is 0 Å². The molecular formula is C8H18N2O2.